The molecule has 102 valence electrons. The van der Waals surface area contributed by atoms with Crippen molar-refractivity contribution < 1.29 is 0 Å². The van der Waals surface area contributed by atoms with Gasteiger partial charge in [0.2, 0.25) is 0 Å². The summed E-state index contributed by atoms with van der Waals surface area (Å²) >= 11 is 1.96. The third-order valence-corrected chi connectivity index (χ3v) is 5.92. The third kappa shape index (κ3) is 3.16. The molecular weight excluding hydrogens is 238 g/mol. The maximum Gasteiger partial charge on any atom is 0.0302 e. The predicted octanol–water partition coefficient (Wildman–Crippen LogP) is 4.57. The molecule has 0 aliphatic heterocycles. The van der Waals surface area contributed by atoms with Gasteiger partial charge in [-0.05, 0) is 42.2 Å². The summed E-state index contributed by atoms with van der Waals surface area (Å²) in [5, 5.41) is 3.75. The van der Waals surface area contributed by atoms with Gasteiger partial charge in [-0.1, -0.05) is 34.6 Å². The zero-order chi connectivity index (χ0) is 13.3. The van der Waals surface area contributed by atoms with Gasteiger partial charge in [0, 0.05) is 22.3 Å². The van der Waals surface area contributed by atoms with Crippen LogP contribution in [-0.2, 0) is 12.0 Å². The SMILES string of the molecule is CC1CCC(NCc2ccc(C(C)(C)C)s2)C1C. The second-order valence-corrected chi connectivity index (χ2v) is 8.09. The summed E-state index contributed by atoms with van der Waals surface area (Å²) in [6, 6.07) is 5.31. The van der Waals surface area contributed by atoms with Crippen LogP contribution in [-0.4, -0.2) is 6.04 Å². The van der Waals surface area contributed by atoms with Gasteiger partial charge in [-0.2, -0.15) is 0 Å². The Morgan fingerprint density at radius 1 is 1.22 bits per heavy atom. The smallest absolute Gasteiger partial charge is 0.0302 e. The molecule has 0 saturated heterocycles. The van der Waals surface area contributed by atoms with E-state index >= 15 is 0 Å². The molecule has 1 aromatic heterocycles. The Kier molecular flexibility index (Phi) is 4.18. The first-order valence-electron chi connectivity index (χ1n) is 7.20. The van der Waals surface area contributed by atoms with Crippen LogP contribution in [0.1, 0.15) is 57.2 Å². The minimum atomic E-state index is 0.290. The number of nitrogens with one attached hydrogen (secondary N) is 1. The first-order valence-corrected chi connectivity index (χ1v) is 8.02. The van der Waals surface area contributed by atoms with Crippen molar-refractivity contribution in [1.82, 2.24) is 5.32 Å². The average Bonchev–Trinajstić information content (AvgIpc) is 2.86. The minimum absolute atomic E-state index is 0.290. The maximum absolute atomic E-state index is 3.75. The highest BCUT2D eigenvalue weighted by Gasteiger charge is 2.29. The molecule has 1 saturated carbocycles. The Morgan fingerprint density at radius 2 is 1.94 bits per heavy atom. The van der Waals surface area contributed by atoms with Crippen molar-refractivity contribution >= 4 is 11.3 Å². The molecule has 1 aliphatic rings. The lowest BCUT2D eigenvalue weighted by Crippen LogP contribution is -2.31. The Bertz CT molecular complexity index is 388. The van der Waals surface area contributed by atoms with Crippen LogP contribution in [0.2, 0.25) is 0 Å². The van der Waals surface area contributed by atoms with E-state index in [1.54, 1.807) is 0 Å². The van der Waals surface area contributed by atoms with Gasteiger partial charge in [0.15, 0.2) is 0 Å². The number of hydrogen-bond acceptors (Lipinski definition) is 2. The summed E-state index contributed by atoms with van der Waals surface area (Å²) < 4.78 is 0. The van der Waals surface area contributed by atoms with E-state index in [1.807, 2.05) is 11.3 Å². The van der Waals surface area contributed by atoms with Crippen molar-refractivity contribution in [3.63, 3.8) is 0 Å². The van der Waals surface area contributed by atoms with Crippen LogP contribution in [0.15, 0.2) is 12.1 Å². The van der Waals surface area contributed by atoms with Gasteiger partial charge in [0.05, 0.1) is 0 Å². The molecule has 1 fully saturated rings. The second kappa shape index (κ2) is 5.34. The third-order valence-electron chi connectivity index (χ3n) is 4.40. The molecule has 1 aromatic rings. The predicted molar refractivity (Wildman–Crippen MR) is 81.2 cm³/mol. The van der Waals surface area contributed by atoms with Crippen LogP contribution in [0.4, 0.5) is 0 Å². The maximum atomic E-state index is 3.75. The van der Waals surface area contributed by atoms with Crippen LogP contribution in [0.25, 0.3) is 0 Å². The number of hydrogen-bond donors (Lipinski definition) is 1. The van der Waals surface area contributed by atoms with E-state index in [0.29, 0.717) is 0 Å². The lowest BCUT2D eigenvalue weighted by atomic mass is 9.95. The quantitative estimate of drug-likeness (QED) is 0.844. The lowest BCUT2D eigenvalue weighted by molar-refractivity contribution is 0.370. The van der Waals surface area contributed by atoms with Crippen molar-refractivity contribution in [3.05, 3.63) is 21.9 Å². The van der Waals surface area contributed by atoms with E-state index in [2.05, 4.69) is 52.1 Å². The van der Waals surface area contributed by atoms with Gasteiger partial charge in [0.25, 0.3) is 0 Å². The highest BCUT2D eigenvalue weighted by Crippen LogP contribution is 2.32. The molecule has 1 nitrogen and oxygen atoms in total. The topological polar surface area (TPSA) is 12.0 Å². The van der Waals surface area contributed by atoms with Crippen LogP contribution >= 0.6 is 11.3 Å². The second-order valence-electron chi connectivity index (χ2n) is 6.92. The van der Waals surface area contributed by atoms with Gasteiger partial charge >= 0.3 is 0 Å². The van der Waals surface area contributed by atoms with E-state index in [9.17, 15) is 0 Å². The number of thiophene rings is 1. The molecule has 3 unspecified atom stereocenters. The molecular formula is C16H27NS. The molecule has 3 atom stereocenters. The van der Waals surface area contributed by atoms with Crippen LogP contribution in [0, 0.1) is 11.8 Å². The highest BCUT2D eigenvalue weighted by molar-refractivity contribution is 7.12. The van der Waals surface area contributed by atoms with Crippen LogP contribution < -0.4 is 5.32 Å². The van der Waals surface area contributed by atoms with Crippen molar-refractivity contribution in [1.29, 1.82) is 0 Å². The normalized spacial score (nSPS) is 28.8. The number of rotatable bonds is 3. The van der Waals surface area contributed by atoms with E-state index < -0.39 is 0 Å². The fourth-order valence-corrected chi connectivity index (χ4v) is 3.78. The van der Waals surface area contributed by atoms with Gasteiger partial charge in [-0.25, -0.2) is 0 Å². The van der Waals surface area contributed by atoms with Gasteiger partial charge < -0.3 is 5.32 Å². The van der Waals surface area contributed by atoms with Crippen molar-refractivity contribution in [2.45, 2.75) is 65.5 Å². The molecule has 2 heteroatoms. The summed E-state index contributed by atoms with van der Waals surface area (Å²) in [5.74, 6) is 1.71. The Morgan fingerprint density at radius 3 is 2.44 bits per heavy atom. The Labute approximate surface area is 116 Å². The molecule has 0 aromatic carbocycles. The highest BCUT2D eigenvalue weighted by atomic mass is 32.1. The lowest BCUT2D eigenvalue weighted by Gasteiger charge is -2.19. The van der Waals surface area contributed by atoms with E-state index in [1.165, 1.54) is 22.6 Å². The molecule has 0 radical (unpaired) electrons. The van der Waals surface area contributed by atoms with E-state index in [4.69, 9.17) is 0 Å². The minimum Gasteiger partial charge on any atom is -0.309 e. The van der Waals surface area contributed by atoms with Gasteiger partial charge in [-0.15, -0.1) is 11.3 Å². The summed E-state index contributed by atoms with van der Waals surface area (Å²) in [5.41, 5.74) is 0.290. The van der Waals surface area contributed by atoms with E-state index in [0.717, 1.165) is 24.4 Å². The first kappa shape index (κ1) is 14.1. The van der Waals surface area contributed by atoms with Crippen molar-refractivity contribution in [2.75, 3.05) is 0 Å². The van der Waals surface area contributed by atoms with E-state index in [-0.39, 0.29) is 5.41 Å². The summed E-state index contributed by atoms with van der Waals surface area (Å²) in [6.45, 7) is 12.7. The summed E-state index contributed by atoms with van der Waals surface area (Å²) in [6.07, 6.45) is 2.73. The van der Waals surface area contributed by atoms with Crippen LogP contribution in [0.5, 0.6) is 0 Å². The zero-order valence-electron chi connectivity index (χ0n) is 12.4. The fraction of sp³-hybridized carbons (Fsp3) is 0.750. The standard InChI is InChI=1S/C16H27NS/c1-11-6-8-14(12(11)2)17-10-13-7-9-15(18-13)16(3,4)5/h7,9,11-12,14,17H,6,8,10H2,1-5H3. The average molecular weight is 265 g/mol. The van der Waals surface area contributed by atoms with Crippen molar-refractivity contribution in [3.8, 4) is 0 Å². The molecule has 1 aliphatic carbocycles. The summed E-state index contributed by atoms with van der Waals surface area (Å²) in [4.78, 5) is 2.97. The van der Waals surface area contributed by atoms with Gasteiger partial charge in [0.1, 0.15) is 0 Å². The Hall–Kier alpha value is -0.340. The zero-order valence-corrected chi connectivity index (χ0v) is 13.2. The molecule has 1 N–H and O–H groups in total. The largest absolute Gasteiger partial charge is 0.309 e. The molecule has 0 amide bonds. The monoisotopic (exact) mass is 265 g/mol. The van der Waals surface area contributed by atoms with Crippen molar-refractivity contribution in [2.24, 2.45) is 11.8 Å². The van der Waals surface area contributed by atoms with Gasteiger partial charge in [-0.3, -0.25) is 0 Å². The summed E-state index contributed by atoms with van der Waals surface area (Å²) in [7, 11) is 0. The molecule has 2 rings (SSSR count). The molecule has 0 bridgehead atoms. The molecule has 1 heterocycles. The molecule has 18 heavy (non-hydrogen) atoms. The molecule has 0 spiro atoms. The first-order chi connectivity index (χ1) is 8.38. The fourth-order valence-electron chi connectivity index (χ4n) is 2.76. The Balaban J connectivity index is 1.89. The van der Waals surface area contributed by atoms with Crippen LogP contribution in [0.3, 0.4) is 0 Å².